The maximum atomic E-state index is 11.4. The number of aliphatic imine (C=N–C) groups is 1. The highest BCUT2D eigenvalue weighted by atomic mass is 32.2. The summed E-state index contributed by atoms with van der Waals surface area (Å²) in [6, 6.07) is 10.8. The summed E-state index contributed by atoms with van der Waals surface area (Å²) < 4.78 is 25.4. The van der Waals surface area contributed by atoms with E-state index in [0.29, 0.717) is 18.5 Å². The maximum Gasteiger partial charge on any atom is 0.209 e. The second-order valence-corrected chi connectivity index (χ2v) is 9.40. The van der Waals surface area contributed by atoms with E-state index in [9.17, 15) is 8.42 Å². The lowest BCUT2D eigenvalue weighted by Gasteiger charge is -2.27. The van der Waals surface area contributed by atoms with Crippen molar-refractivity contribution in [1.29, 1.82) is 0 Å². The van der Waals surface area contributed by atoms with E-state index < -0.39 is 15.6 Å². The molecule has 0 aromatic heterocycles. The quantitative estimate of drug-likeness (QED) is 0.410. The molecular weight excluding hydrogens is 362 g/mol. The predicted molar refractivity (Wildman–Crippen MR) is 113 cm³/mol. The van der Waals surface area contributed by atoms with E-state index in [1.807, 2.05) is 19.9 Å². The van der Waals surface area contributed by atoms with Crippen LogP contribution in [0.25, 0.3) is 0 Å². The van der Waals surface area contributed by atoms with Gasteiger partial charge in [0.05, 0.1) is 6.26 Å². The van der Waals surface area contributed by atoms with Crippen LogP contribution in [0.3, 0.4) is 0 Å². The summed E-state index contributed by atoms with van der Waals surface area (Å²) in [5, 5.41) is 6.46. The molecule has 7 nitrogen and oxygen atoms in total. The summed E-state index contributed by atoms with van der Waals surface area (Å²) in [6.45, 7) is 7.99. The van der Waals surface area contributed by atoms with Crippen LogP contribution in [0.15, 0.2) is 35.3 Å². The largest absolute Gasteiger partial charge is 0.356 e. The highest BCUT2D eigenvalue weighted by molar-refractivity contribution is 7.88. The van der Waals surface area contributed by atoms with Crippen LogP contribution in [0, 0.1) is 0 Å². The Labute approximate surface area is 164 Å². The third kappa shape index (κ3) is 10.3. The number of sulfonamides is 1. The Hall–Kier alpha value is -1.64. The monoisotopic (exact) mass is 397 g/mol. The fraction of sp³-hybridized carbons (Fsp3) is 0.632. The smallest absolute Gasteiger partial charge is 0.209 e. The van der Waals surface area contributed by atoms with E-state index in [-0.39, 0.29) is 0 Å². The van der Waals surface area contributed by atoms with Crippen molar-refractivity contribution in [3.8, 4) is 0 Å². The van der Waals surface area contributed by atoms with Crippen LogP contribution in [0.1, 0.15) is 32.8 Å². The zero-order chi connectivity index (χ0) is 20.5. The van der Waals surface area contributed by atoms with Crippen molar-refractivity contribution in [2.75, 3.05) is 33.4 Å². The zero-order valence-electron chi connectivity index (χ0n) is 17.4. The molecule has 0 aliphatic heterocycles. The number of nitrogens with one attached hydrogen (secondary N) is 3. The first-order valence-corrected chi connectivity index (χ1v) is 11.1. The molecule has 0 saturated heterocycles. The Bertz CT molecular complexity index is 689. The fourth-order valence-electron chi connectivity index (χ4n) is 2.71. The number of rotatable bonds is 10. The van der Waals surface area contributed by atoms with Gasteiger partial charge in [0.25, 0.3) is 0 Å². The van der Waals surface area contributed by atoms with Crippen LogP contribution in [0.2, 0.25) is 0 Å². The molecule has 0 heterocycles. The molecule has 3 N–H and O–H groups in total. The van der Waals surface area contributed by atoms with Crippen LogP contribution >= 0.6 is 0 Å². The Kier molecular flexibility index (Phi) is 9.21. The fourth-order valence-corrected chi connectivity index (χ4v) is 3.79. The molecule has 0 aliphatic carbocycles. The SMILES string of the molecule is CN=C(NCCC(C)N(C)Cc1ccccc1)NCC(C)(C)NS(C)(=O)=O. The summed E-state index contributed by atoms with van der Waals surface area (Å²) in [4.78, 5) is 6.53. The van der Waals surface area contributed by atoms with E-state index in [4.69, 9.17) is 0 Å². The molecule has 27 heavy (non-hydrogen) atoms. The van der Waals surface area contributed by atoms with Gasteiger partial charge >= 0.3 is 0 Å². The highest BCUT2D eigenvalue weighted by Gasteiger charge is 2.22. The molecule has 0 spiro atoms. The predicted octanol–water partition coefficient (Wildman–Crippen LogP) is 1.39. The first kappa shape index (κ1) is 23.4. The molecule has 1 aromatic rings. The minimum Gasteiger partial charge on any atom is -0.356 e. The van der Waals surface area contributed by atoms with Gasteiger partial charge in [-0.15, -0.1) is 0 Å². The van der Waals surface area contributed by atoms with Gasteiger partial charge in [0.2, 0.25) is 10.0 Å². The molecule has 1 rings (SSSR count). The van der Waals surface area contributed by atoms with E-state index in [2.05, 4.69) is 63.5 Å². The molecule has 154 valence electrons. The van der Waals surface area contributed by atoms with Crippen molar-refractivity contribution in [1.82, 2.24) is 20.3 Å². The second-order valence-electron chi connectivity index (χ2n) is 7.65. The number of nitrogens with zero attached hydrogens (tertiary/aromatic N) is 2. The minimum absolute atomic E-state index is 0.416. The van der Waals surface area contributed by atoms with Crippen molar-refractivity contribution in [2.24, 2.45) is 4.99 Å². The molecule has 0 amide bonds. The van der Waals surface area contributed by atoms with Crippen molar-refractivity contribution in [3.63, 3.8) is 0 Å². The summed E-state index contributed by atoms with van der Waals surface area (Å²) in [5.74, 6) is 0.663. The Morgan fingerprint density at radius 1 is 1.22 bits per heavy atom. The number of hydrogen-bond donors (Lipinski definition) is 3. The van der Waals surface area contributed by atoms with Gasteiger partial charge < -0.3 is 10.6 Å². The Morgan fingerprint density at radius 3 is 2.41 bits per heavy atom. The van der Waals surface area contributed by atoms with Crippen LogP contribution in [0.5, 0.6) is 0 Å². The van der Waals surface area contributed by atoms with Crippen molar-refractivity contribution in [2.45, 2.75) is 45.3 Å². The minimum atomic E-state index is -3.26. The van der Waals surface area contributed by atoms with Gasteiger partial charge in [-0.1, -0.05) is 30.3 Å². The summed E-state index contributed by atoms with van der Waals surface area (Å²) in [5.41, 5.74) is 0.701. The van der Waals surface area contributed by atoms with Crippen molar-refractivity contribution >= 4 is 16.0 Å². The molecule has 0 fully saturated rings. The van der Waals surface area contributed by atoms with Gasteiger partial charge in [-0.3, -0.25) is 9.89 Å². The third-order valence-electron chi connectivity index (χ3n) is 4.26. The van der Waals surface area contributed by atoms with Gasteiger partial charge in [0, 0.05) is 38.3 Å². The lowest BCUT2D eigenvalue weighted by atomic mass is 10.1. The van der Waals surface area contributed by atoms with E-state index >= 15 is 0 Å². The molecule has 1 aromatic carbocycles. The third-order valence-corrected chi connectivity index (χ3v) is 5.19. The van der Waals surface area contributed by atoms with Gasteiger partial charge in [-0.05, 0) is 39.8 Å². The lowest BCUT2D eigenvalue weighted by molar-refractivity contribution is 0.238. The topological polar surface area (TPSA) is 85.8 Å². The number of benzene rings is 1. The average Bonchev–Trinajstić information content (AvgIpc) is 2.56. The second kappa shape index (κ2) is 10.6. The summed E-state index contributed by atoms with van der Waals surface area (Å²) in [7, 11) is 0.579. The Morgan fingerprint density at radius 2 is 1.85 bits per heavy atom. The van der Waals surface area contributed by atoms with E-state index in [0.717, 1.165) is 25.8 Å². The molecule has 0 saturated carbocycles. The first-order chi connectivity index (χ1) is 12.5. The van der Waals surface area contributed by atoms with E-state index in [1.165, 1.54) is 5.56 Å². The van der Waals surface area contributed by atoms with Crippen LogP contribution in [0.4, 0.5) is 0 Å². The van der Waals surface area contributed by atoms with E-state index in [1.54, 1.807) is 7.05 Å². The number of guanidine groups is 1. The number of hydrogen-bond acceptors (Lipinski definition) is 4. The molecule has 0 aliphatic rings. The molecule has 0 radical (unpaired) electrons. The van der Waals surface area contributed by atoms with Crippen molar-refractivity contribution < 1.29 is 8.42 Å². The maximum absolute atomic E-state index is 11.4. The molecule has 1 atom stereocenters. The zero-order valence-corrected chi connectivity index (χ0v) is 18.2. The van der Waals surface area contributed by atoms with Gasteiger partial charge in [0.1, 0.15) is 0 Å². The Balaban J connectivity index is 2.37. The van der Waals surface area contributed by atoms with Crippen LogP contribution in [-0.4, -0.2) is 64.3 Å². The van der Waals surface area contributed by atoms with Gasteiger partial charge in [-0.2, -0.15) is 0 Å². The molecule has 1 unspecified atom stereocenters. The summed E-state index contributed by atoms with van der Waals surface area (Å²) >= 11 is 0. The van der Waals surface area contributed by atoms with Crippen molar-refractivity contribution in [3.05, 3.63) is 35.9 Å². The van der Waals surface area contributed by atoms with Gasteiger partial charge in [0.15, 0.2) is 5.96 Å². The molecular formula is C19H35N5O2S. The molecule has 0 bridgehead atoms. The standard InChI is InChI=1S/C19H35N5O2S/c1-16(24(5)14-17-10-8-7-9-11-17)12-13-21-18(20-4)22-15-19(2,3)23-27(6,25)26/h7-11,16,23H,12-15H2,1-6H3,(H2,20,21,22). The lowest BCUT2D eigenvalue weighted by Crippen LogP contribution is -2.53. The highest BCUT2D eigenvalue weighted by Crippen LogP contribution is 2.08. The first-order valence-electron chi connectivity index (χ1n) is 9.20. The van der Waals surface area contributed by atoms with Gasteiger partial charge in [-0.25, -0.2) is 13.1 Å². The molecule has 8 heteroatoms. The normalized spacial score (nSPS) is 14.3. The van der Waals surface area contributed by atoms with Crippen LogP contribution in [-0.2, 0) is 16.6 Å². The van der Waals surface area contributed by atoms with Crippen LogP contribution < -0.4 is 15.4 Å². The summed E-state index contributed by atoms with van der Waals surface area (Å²) in [6.07, 6.45) is 2.13. The average molecular weight is 398 g/mol.